The molecular weight excluding hydrogens is 582 g/mol. The molecule has 0 spiro atoms. The number of anilines is 1. The molecule has 1 saturated carbocycles. The summed E-state index contributed by atoms with van der Waals surface area (Å²) >= 11 is 0. The maximum Gasteiger partial charge on any atom is 0.411 e. The molecule has 2 fully saturated rings. The van der Waals surface area contributed by atoms with Gasteiger partial charge in [0, 0.05) is 46.5 Å². The van der Waals surface area contributed by atoms with Crippen LogP contribution in [0.3, 0.4) is 0 Å². The number of nitrogens with zero attached hydrogens (tertiary/aromatic N) is 2. The SMILES string of the molecule is COC(CN(C)C(=O)CCOCCc1cccc(CN2C[C@H]3C[C@H](OC(=O)Nc4ccccc4-c4ccccc4)C[C@H]3C2)c1)OC. The first-order valence-electron chi connectivity index (χ1n) is 16.2. The van der Waals surface area contributed by atoms with Crippen LogP contribution in [-0.4, -0.2) is 88.3 Å². The first-order valence-corrected chi connectivity index (χ1v) is 16.2. The minimum absolute atomic E-state index is 0.00207. The molecule has 0 unspecified atom stereocenters. The molecule has 0 bridgehead atoms. The summed E-state index contributed by atoms with van der Waals surface area (Å²) in [4.78, 5) is 29.3. The van der Waals surface area contributed by atoms with Gasteiger partial charge in [0.2, 0.25) is 5.91 Å². The molecule has 9 heteroatoms. The Balaban J connectivity index is 1.00. The molecular formula is C37H47N3O6. The van der Waals surface area contributed by atoms with Crippen LogP contribution in [0, 0.1) is 11.8 Å². The number of hydrogen-bond donors (Lipinski definition) is 1. The van der Waals surface area contributed by atoms with Crippen LogP contribution >= 0.6 is 0 Å². The summed E-state index contributed by atoms with van der Waals surface area (Å²) < 4.78 is 22.0. The zero-order chi connectivity index (χ0) is 32.3. The highest BCUT2D eigenvalue weighted by Crippen LogP contribution is 2.40. The minimum Gasteiger partial charge on any atom is -0.446 e. The van der Waals surface area contributed by atoms with Crippen molar-refractivity contribution < 1.29 is 28.5 Å². The van der Waals surface area contributed by atoms with Gasteiger partial charge in [0.25, 0.3) is 0 Å². The molecule has 3 aromatic rings. The third kappa shape index (κ3) is 9.39. The summed E-state index contributed by atoms with van der Waals surface area (Å²) in [5.74, 6) is 1.09. The van der Waals surface area contributed by atoms with E-state index in [1.54, 1.807) is 26.2 Å². The summed E-state index contributed by atoms with van der Waals surface area (Å²) in [6.45, 7) is 4.29. The van der Waals surface area contributed by atoms with Gasteiger partial charge in [-0.3, -0.25) is 15.0 Å². The lowest BCUT2D eigenvalue weighted by atomic mass is 10.0. The molecule has 246 valence electrons. The first-order chi connectivity index (χ1) is 22.4. The predicted molar refractivity (Wildman–Crippen MR) is 178 cm³/mol. The number of carbonyl (C=O) groups is 2. The van der Waals surface area contributed by atoms with Crippen molar-refractivity contribution in [2.45, 2.75) is 44.6 Å². The van der Waals surface area contributed by atoms with Crippen LogP contribution in [0.2, 0.25) is 0 Å². The lowest BCUT2D eigenvalue weighted by Gasteiger charge is -2.22. The van der Waals surface area contributed by atoms with E-state index in [0.29, 0.717) is 38.0 Å². The Morgan fingerprint density at radius 3 is 2.33 bits per heavy atom. The molecule has 1 heterocycles. The number of ether oxygens (including phenoxy) is 4. The Hall–Kier alpha value is -3.76. The molecule has 46 heavy (non-hydrogen) atoms. The van der Waals surface area contributed by atoms with Crippen LogP contribution in [0.25, 0.3) is 11.1 Å². The summed E-state index contributed by atoms with van der Waals surface area (Å²) in [5.41, 5.74) is 5.32. The van der Waals surface area contributed by atoms with Gasteiger partial charge in [-0.05, 0) is 53.9 Å². The molecule has 1 aliphatic heterocycles. The highest BCUT2D eigenvalue weighted by atomic mass is 16.7. The van der Waals surface area contributed by atoms with Gasteiger partial charge in [-0.2, -0.15) is 0 Å². The number of rotatable bonds is 15. The second-order valence-corrected chi connectivity index (χ2v) is 12.4. The van der Waals surface area contributed by atoms with E-state index in [-0.39, 0.29) is 18.1 Å². The van der Waals surface area contributed by atoms with Crippen LogP contribution < -0.4 is 5.32 Å². The number of methoxy groups -OCH3 is 2. The van der Waals surface area contributed by atoms with E-state index in [9.17, 15) is 9.59 Å². The Bertz CT molecular complexity index is 1400. The van der Waals surface area contributed by atoms with Gasteiger partial charge in [0.05, 0.1) is 31.9 Å². The number of para-hydroxylation sites is 1. The molecule has 1 saturated heterocycles. The topological polar surface area (TPSA) is 89.6 Å². The quantitative estimate of drug-likeness (QED) is 0.167. The van der Waals surface area contributed by atoms with Gasteiger partial charge in [-0.1, -0.05) is 72.8 Å². The molecule has 9 nitrogen and oxygen atoms in total. The summed E-state index contributed by atoms with van der Waals surface area (Å²) in [5, 5.41) is 2.98. The van der Waals surface area contributed by atoms with Gasteiger partial charge in [0.15, 0.2) is 6.29 Å². The Morgan fingerprint density at radius 2 is 1.59 bits per heavy atom. The van der Waals surface area contributed by atoms with Crippen LogP contribution in [0.5, 0.6) is 0 Å². The van der Waals surface area contributed by atoms with E-state index in [2.05, 4.69) is 34.5 Å². The number of likely N-dealkylation sites (tertiary alicyclic amines) is 1. The number of nitrogens with one attached hydrogen (secondary N) is 1. The van der Waals surface area contributed by atoms with Crippen LogP contribution in [0.15, 0.2) is 78.9 Å². The van der Waals surface area contributed by atoms with Crippen LogP contribution in [-0.2, 0) is 36.7 Å². The fraction of sp³-hybridized carbons (Fsp3) is 0.459. The molecule has 2 amide bonds. The summed E-state index contributed by atoms with van der Waals surface area (Å²) in [6.07, 6.45) is 2.08. The van der Waals surface area contributed by atoms with Gasteiger partial charge < -0.3 is 23.8 Å². The molecule has 2 aliphatic rings. The second-order valence-electron chi connectivity index (χ2n) is 12.4. The van der Waals surface area contributed by atoms with E-state index in [1.807, 2.05) is 54.6 Å². The molecule has 3 atom stereocenters. The molecule has 0 radical (unpaired) electrons. The zero-order valence-electron chi connectivity index (χ0n) is 27.2. The Kier molecular flexibility index (Phi) is 12.2. The fourth-order valence-corrected chi connectivity index (χ4v) is 6.67. The molecule has 0 aromatic heterocycles. The standard InChI is InChI=1S/C37H47N3O6/c1-39(26-36(43-2)44-3)35(41)17-19-45-18-16-27-10-9-11-28(20-27)23-40-24-30-21-32(22-31(30)25-40)46-37(42)38-34-15-8-7-14-33(34)29-12-5-4-6-13-29/h4-15,20,30-32,36H,16-19,21-26H2,1-3H3,(H,38,42)/t30-,31+,32+. The lowest BCUT2D eigenvalue weighted by Crippen LogP contribution is -2.36. The summed E-state index contributed by atoms with van der Waals surface area (Å²) in [7, 11) is 4.86. The van der Waals surface area contributed by atoms with Gasteiger partial charge in [0.1, 0.15) is 6.10 Å². The largest absolute Gasteiger partial charge is 0.446 e. The van der Waals surface area contributed by atoms with E-state index < -0.39 is 6.29 Å². The number of fused-ring (bicyclic) bond motifs is 1. The van der Waals surface area contributed by atoms with Crippen molar-refractivity contribution in [2.24, 2.45) is 11.8 Å². The highest BCUT2D eigenvalue weighted by Gasteiger charge is 2.42. The molecule has 3 aromatic carbocycles. The van der Waals surface area contributed by atoms with E-state index in [4.69, 9.17) is 18.9 Å². The van der Waals surface area contributed by atoms with Crippen LogP contribution in [0.4, 0.5) is 10.5 Å². The molecule has 1 N–H and O–H groups in total. The Labute approximate surface area is 272 Å². The second kappa shape index (κ2) is 16.7. The van der Waals surface area contributed by atoms with E-state index >= 15 is 0 Å². The highest BCUT2D eigenvalue weighted by molar-refractivity contribution is 5.91. The number of likely N-dealkylation sites (N-methyl/N-ethyl adjacent to an activating group) is 1. The number of benzene rings is 3. The van der Waals surface area contributed by atoms with Crippen molar-refractivity contribution in [3.05, 3.63) is 90.0 Å². The number of hydrogen-bond acceptors (Lipinski definition) is 7. The van der Waals surface area contributed by atoms with Gasteiger partial charge in [-0.25, -0.2) is 4.79 Å². The molecule has 5 rings (SSSR count). The normalized spacial score (nSPS) is 19.3. The number of amides is 2. The predicted octanol–water partition coefficient (Wildman–Crippen LogP) is 5.84. The maximum atomic E-state index is 12.9. The molecule has 1 aliphatic carbocycles. The van der Waals surface area contributed by atoms with Crippen molar-refractivity contribution in [3.8, 4) is 11.1 Å². The third-order valence-electron chi connectivity index (χ3n) is 9.07. The average Bonchev–Trinajstić information content (AvgIpc) is 3.61. The van der Waals surface area contributed by atoms with E-state index in [1.165, 1.54) is 11.1 Å². The number of carbonyl (C=O) groups excluding carboxylic acids is 2. The smallest absolute Gasteiger partial charge is 0.411 e. The van der Waals surface area contributed by atoms with Crippen LogP contribution in [0.1, 0.15) is 30.4 Å². The summed E-state index contributed by atoms with van der Waals surface area (Å²) in [6, 6.07) is 26.6. The fourth-order valence-electron chi connectivity index (χ4n) is 6.67. The third-order valence-corrected chi connectivity index (χ3v) is 9.07. The monoisotopic (exact) mass is 629 g/mol. The van der Waals surface area contributed by atoms with Gasteiger partial charge in [-0.15, -0.1) is 0 Å². The van der Waals surface area contributed by atoms with Crippen molar-refractivity contribution in [3.63, 3.8) is 0 Å². The van der Waals surface area contributed by atoms with Crippen molar-refractivity contribution in [2.75, 3.05) is 59.4 Å². The zero-order valence-corrected chi connectivity index (χ0v) is 27.2. The lowest BCUT2D eigenvalue weighted by molar-refractivity contribution is -0.143. The van der Waals surface area contributed by atoms with Gasteiger partial charge >= 0.3 is 6.09 Å². The maximum absolute atomic E-state index is 12.9. The van der Waals surface area contributed by atoms with Crippen molar-refractivity contribution in [1.82, 2.24) is 9.80 Å². The van der Waals surface area contributed by atoms with Crippen molar-refractivity contribution >= 4 is 17.7 Å². The van der Waals surface area contributed by atoms with E-state index in [0.717, 1.165) is 55.7 Å². The average molecular weight is 630 g/mol. The minimum atomic E-state index is -0.429. The first kappa shape index (κ1) is 33.6. The Morgan fingerprint density at radius 1 is 0.891 bits per heavy atom. The van der Waals surface area contributed by atoms with Crippen molar-refractivity contribution in [1.29, 1.82) is 0 Å².